The molecule has 0 bridgehead atoms. The normalized spacial score (nSPS) is 18.5. The van der Waals surface area contributed by atoms with E-state index in [1.807, 2.05) is 11.3 Å². The lowest BCUT2D eigenvalue weighted by atomic mass is 9.97. The standard InChI is InChI=1S/C19H28N4OS/c1-3-23(4-2)18-17-14-7-5-6-8-15(14)25-19(17)21-16(20-18)13-22-9-11-24-12-10-22/h3-13H2,1-2H3. The summed E-state index contributed by atoms with van der Waals surface area (Å²) in [5.74, 6) is 2.13. The Morgan fingerprint density at radius 2 is 1.84 bits per heavy atom. The summed E-state index contributed by atoms with van der Waals surface area (Å²) in [6, 6.07) is 0. The molecule has 6 heteroatoms. The molecule has 25 heavy (non-hydrogen) atoms. The maximum absolute atomic E-state index is 5.47. The van der Waals surface area contributed by atoms with Gasteiger partial charge >= 0.3 is 0 Å². The van der Waals surface area contributed by atoms with Gasteiger partial charge in [-0.25, -0.2) is 9.97 Å². The van der Waals surface area contributed by atoms with Crippen LogP contribution in [0.15, 0.2) is 0 Å². The Hall–Kier alpha value is -1.24. The van der Waals surface area contributed by atoms with Crippen molar-refractivity contribution in [3.05, 3.63) is 16.3 Å². The van der Waals surface area contributed by atoms with Gasteiger partial charge in [0, 0.05) is 31.1 Å². The molecule has 2 aromatic heterocycles. The molecule has 0 saturated carbocycles. The van der Waals surface area contributed by atoms with Crippen LogP contribution in [0.1, 0.15) is 43.0 Å². The van der Waals surface area contributed by atoms with E-state index in [9.17, 15) is 0 Å². The van der Waals surface area contributed by atoms with E-state index in [0.717, 1.165) is 57.6 Å². The van der Waals surface area contributed by atoms with Crippen LogP contribution in [0.25, 0.3) is 10.2 Å². The van der Waals surface area contributed by atoms with Gasteiger partial charge < -0.3 is 9.64 Å². The van der Waals surface area contributed by atoms with Gasteiger partial charge in [-0.3, -0.25) is 4.90 Å². The van der Waals surface area contributed by atoms with Crippen LogP contribution in [-0.4, -0.2) is 54.3 Å². The lowest BCUT2D eigenvalue weighted by Crippen LogP contribution is -2.36. The Morgan fingerprint density at radius 3 is 2.60 bits per heavy atom. The molecule has 0 spiro atoms. The van der Waals surface area contributed by atoms with E-state index >= 15 is 0 Å². The Kier molecular flexibility index (Phi) is 5.20. The topological polar surface area (TPSA) is 41.5 Å². The lowest BCUT2D eigenvalue weighted by molar-refractivity contribution is 0.0331. The van der Waals surface area contributed by atoms with Gasteiger partial charge in [-0.2, -0.15) is 0 Å². The summed E-state index contributed by atoms with van der Waals surface area (Å²) in [5.41, 5.74) is 1.53. The number of hydrogen-bond donors (Lipinski definition) is 0. The van der Waals surface area contributed by atoms with E-state index < -0.39 is 0 Å². The molecule has 1 saturated heterocycles. The Bertz CT molecular complexity index is 735. The number of hydrogen-bond acceptors (Lipinski definition) is 6. The van der Waals surface area contributed by atoms with Crippen LogP contribution in [0.4, 0.5) is 5.82 Å². The summed E-state index contributed by atoms with van der Waals surface area (Å²) in [7, 11) is 0. The average Bonchev–Trinajstić information content (AvgIpc) is 3.02. The summed E-state index contributed by atoms with van der Waals surface area (Å²) < 4.78 is 5.47. The highest BCUT2D eigenvalue weighted by molar-refractivity contribution is 7.19. The third-order valence-electron chi connectivity index (χ3n) is 5.37. The fraction of sp³-hybridized carbons (Fsp3) is 0.684. The second-order valence-electron chi connectivity index (χ2n) is 6.92. The number of morpholine rings is 1. The van der Waals surface area contributed by atoms with Crippen molar-refractivity contribution < 1.29 is 4.74 Å². The maximum Gasteiger partial charge on any atom is 0.146 e. The zero-order valence-corrected chi connectivity index (χ0v) is 16.2. The van der Waals surface area contributed by atoms with E-state index in [1.54, 1.807) is 4.88 Å². The van der Waals surface area contributed by atoms with Crippen molar-refractivity contribution in [2.75, 3.05) is 44.3 Å². The highest BCUT2D eigenvalue weighted by Crippen LogP contribution is 2.39. The predicted octanol–water partition coefficient (Wildman–Crippen LogP) is 3.25. The molecule has 1 aliphatic heterocycles. The molecule has 0 aromatic carbocycles. The zero-order valence-electron chi connectivity index (χ0n) is 15.4. The van der Waals surface area contributed by atoms with Crippen molar-refractivity contribution >= 4 is 27.4 Å². The first-order valence-corrected chi connectivity index (χ1v) is 10.5. The highest BCUT2D eigenvalue weighted by Gasteiger charge is 2.23. The van der Waals surface area contributed by atoms with Gasteiger partial charge in [0.15, 0.2) is 0 Å². The Balaban J connectivity index is 1.77. The summed E-state index contributed by atoms with van der Waals surface area (Å²) in [4.78, 5) is 17.6. The van der Waals surface area contributed by atoms with Crippen LogP contribution < -0.4 is 4.90 Å². The lowest BCUT2D eigenvalue weighted by Gasteiger charge is -2.27. The van der Waals surface area contributed by atoms with E-state index in [4.69, 9.17) is 14.7 Å². The van der Waals surface area contributed by atoms with Crippen LogP contribution in [0.5, 0.6) is 0 Å². The molecule has 0 atom stereocenters. The van der Waals surface area contributed by atoms with Crippen molar-refractivity contribution in [2.24, 2.45) is 0 Å². The highest BCUT2D eigenvalue weighted by atomic mass is 32.1. The zero-order chi connectivity index (χ0) is 17.2. The van der Waals surface area contributed by atoms with Crippen LogP contribution in [0.3, 0.4) is 0 Å². The molecule has 5 nitrogen and oxygen atoms in total. The first kappa shape index (κ1) is 17.2. The minimum absolute atomic E-state index is 0.818. The predicted molar refractivity (Wildman–Crippen MR) is 104 cm³/mol. The number of ether oxygens (including phenoxy) is 1. The van der Waals surface area contributed by atoms with Crippen LogP contribution in [0.2, 0.25) is 0 Å². The minimum atomic E-state index is 0.818. The second kappa shape index (κ2) is 7.56. The number of aryl methyl sites for hydroxylation is 2. The molecule has 0 amide bonds. The van der Waals surface area contributed by atoms with Gasteiger partial charge in [0.1, 0.15) is 16.5 Å². The number of fused-ring (bicyclic) bond motifs is 3. The van der Waals surface area contributed by atoms with Gasteiger partial charge in [0.2, 0.25) is 0 Å². The molecule has 0 N–H and O–H groups in total. The average molecular weight is 361 g/mol. The first-order valence-electron chi connectivity index (χ1n) is 9.66. The quantitative estimate of drug-likeness (QED) is 0.819. The maximum atomic E-state index is 5.47. The molecular weight excluding hydrogens is 332 g/mol. The summed E-state index contributed by atoms with van der Waals surface area (Å²) in [5, 5.41) is 1.34. The molecular formula is C19H28N4OS. The Labute approximate surface area is 154 Å². The van der Waals surface area contributed by atoms with Crippen molar-refractivity contribution in [1.29, 1.82) is 0 Å². The number of rotatable bonds is 5. The summed E-state index contributed by atoms with van der Waals surface area (Å²) in [6.45, 7) is 10.8. The molecule has 4 rings (SSSR count). The largest absolute Gasteiger partial charge is 0.379 e. The van der Waals surface area contributed by atoms with E-state index in [1.165, 1.54) is 41.5 Å². The first-order chi connectivity index (χ1) is 12.3. The summed E-state index contributed by atoms with van der Waals surface area (Å²) in [6.07, 6.45) is 5.02. The number of aromatic nitrogens is 2. The van der Waals surface area contributed by atoms with Gasteiger partial charge in [-0.1, -0.05) is 0 Å². The van der Waals surface area contributed by atoms with Crippen LogP contribution in [-0.2, 0) is 24.1 Å². The minimum Gasteiger partial charge on any atom is -0.379 e. The van der Waals surface area contributed by atoms with Crippen molar-refractivity contribution in [3.63, 3.8) is 0 Å². The molecule has 136 valence electrons. The molecule has 2 aliphatic rings. The van der Waals surface area contributed by atoms with Crippen molar-refractivity contribution in [1.82, 2.24) is 14.9 Å². The molecule has 1 fully saturated rings. The Morgan fingerprint density at radius 1 is 1.08 bits per heavy atom. The second-order valence-corrected chi connectivity index (χ2v) is 8.00. The van der Waals surface area contributed by atoms with Crippen molar-refractivity contribution in [3.8, 4) is 0 Å². The number of nitrogens with zero attached hydrogens (tertiary/aromatic N) is 4. The molecule has 0 unspecified atom stereocenters. The van der Waals surface area contributed by atoms with Gasteiger partial charge in [-0.05, 0) is 45.1 Å². The molecule has 3 heterocycles. The van der Waals surface area contributed by atoms with E-state index in [-0.39, 0.29) is 0 Å². The van der Waals surface area contributed by atoms with Gasteiger partial charge in [0.25, 0.3) is 0 Å². The smallest absolute Gasteiger partial charge is 0.146 e. The van der Waals surface area contributed by atoms with Crippen molar-refractivity contribution in [2.45, 2.75) is 46.1 Å². The molecule has 0 radical (unpaired) electrons. The third kappa shape index (κ3) is 3.39. The van der Waals surface area contributed by atoms with E-state index in [2.05, 4.69) is 23.6 Å². The van der Waals surface area contributed by atoms with Gasteiger partial charge in [0.05, 0.1) is 25.1 Å². The van der Waals surface area contributed by atoms with E-state index in [0.29, 0.717) is 0 Å². The van der Waals surface area contributed by atoms with Gasteiger partial charge in [-0.15, -0.1) is 11.3 Å². The SMILES string of the molecule is CCN(CC)c1nc(CN2CCOCC2)nc2sc3c(c12)CCCC3. The number of thiophene rings is 1. The monoisotopic (exact) mass is 360 g/mol. The molecule has 1 aliphatic carbocycles. The fourth-order valence-electron chi connectivity index (χ4n) is 3.96. The molecule has 2 aromatic rings. The summed E-state index contributed by atoms with van der Waals surface area (Å²) >= 11 is 1.91. The van der Waals surface area contributed by atoms with Crippen LogP contribution >= 0.6 is 11.3 Å². The third-order valence-corrected chi connectivity index (χ3v) is 6.56. The van der Waals surface area contributed by atoms with Crippen LogP contribution in [0, 0.1) is 0 Å². The number of anilines is 1. The fourth-order valence-corrected chi connectivity index (χ4v) is 5.24.